The van der Waals surface area contributed by atoms with Crippen molar-refractivity contribution in [2.24, 2.45) is 0 Å². The van der Waals surface area contributed by atoms with Gasteiger partial charge in [-0.05, 0) is 34.8 Å². The highest BCUT2D eigenvalue weighted by atomic mass is 79.9. The molecule has 0 radical (unpaired) electrons. The Morgan fingerprint density at radius 2 is 2.00 bits per heavy atom. The summed E-state index contributed by atoms with van der Waals surface area (Å²) in [7, 11) is 5.42. The Morgan fingerprint density at radius 1 is 1.38 bits per heavy atom. The summed E-state index contributed by atoms with van der Waals surface area (Å²) in [5.41, 5.74) is 0. The molecule has 2 rings (SSSR count). The molecule has 0 aromatic carbocycles. The minimum absolute atomic E-state index is 0.0493. The van der Waals surface area contributed by atoms with Crippen LogP contribution in [0.25, 0.3) is 0 Å². The number of carbonyl (C=O) groups is 1. The van der Waals surface area contributed by atoms with Crippen LogP contribution in [0.4, 0.5) is 10.6 Å². The first-order chi connectivity index (χ1) is 9.90. The maximum atomic E-state index is 12.0. The van der Waals surface area contributed by atoms with Crippen LogP contribution in [0.5, 0.6) is 0 Å². The molecule has 1 saturated heterocycles. The number of halogens is 2. The Kier molecular flexibility index (Phi) is 5.32. The summed E-state index contributed by atoms with van der Waals surface area (Å²) < 4.78 is 0.877. The number of anilines is 1. The standard InChI is InChI=1S/C14H20BrClN4O/c1-18(2)14(21)19(3)11-4-6-20(7-5-11)13-12(16)8-10(15)9-17-13/h8-9,11H,4-7H2,1-3H3. The van der Waals surface area contributed by atoms with E-state index in [0.717, 1.165) is 36.2 Å². The Bertz CT molecular complexity index is 518. The first-order valence-corrected chi connectivity index (χ1v) is 8.07. The van der Waals surface area contributed by atoms with Gasteiger partial charge in [-0.3, -0.25) is 0 Å². The number of aromatic nitrogens is 1. The van der Waals surface area contributed by atoms with E-state index in [-0.39, 0.29) is 12.1 Å². The number of urea groups is 1. The van der Waals surface area contributed by atoms with Crippen molar-refractivity contribution in [2.45, 2.75) is 18.9 Å². The zero-order valence-corrected chi connectivity index (χ0v) is 14.9. The van der Waals surface area contributed by atoms with E-state index in [1.165, 1.54) is 0 Å². The molecule has 116 valence electrons. The third-order valence-corrected chi connectivity index (χ3v) is 4.50. The molecular weight excluding hydrogens is 356 g/mol. The summed E-state index contributed by atoms with van der Waals surface area (Å²) in [6.45, 7) is 1.70. The second kappa shape index (κ2) is 6.83. The highest BCUT2D eigenvalue weighted by Crippen LogP contribution is 2.29. The van der Waals surface area contributed by atoms with Crippen LogP contribution in [0.1, 0.15) is 12.8 Å². The number of rotatable bonds is 2. The van der Waals surface area contributed by atoms with E-state index in [1.807, 2.05) is 18.0 Å². The molecule has 0 N–H and O–H groups in total. The Hall–Kier alpha value is -1.01. The Morgan fingerprint density at radius 3 is 2.52 bits per heavy atom. The highest BCUT2D eigenvalue weighted by molar-refractivity contribution is 9.10. The van der Waals surface area contributed by atoms with Gasteiger partial charge in [0.25, 0.3) is 0 Å². The van der Waals surface area contributed by atoms with Gasteiger partial charge in [-0.25, -0.2) is 9.78 Å². The largest absolute Gasteiger partial charge is 0.355 e. The van der Waals surface area contributed by atoms with Crippen molar-refractivity contribution < 1.29 is 4.79 Å². The first-order valence-electron chi connectivity index (χ1n) is 6.90. The molecule has 1 aromatic rings. The van der Waals surface area contributed by atoms with Gasteiger partial charge >= 0.3 is 6.03 Å². The highest BCUT2D eigenvalue weighted by Gasteiger charge is 2.27. The van der Waals surface area contributed by atoms with Crippen molar-refractivity contribution in [3.05, 3.63) is 21.8 Å². The second-order valence-corrected chi connectivity index (χ2v) is 6.79. The zero-order chi connectivity index (χ0) is 15.6. The summed E-state index contributed by atoms with van der Waals surface area (Å²) in [6, 6.07) is 2.18. The van der Waals surface area contributed by atoms with Gasteiger partial charge in [-0.15, -0.1) is 0 Å². The normalized spacial score (nSPS) is 16.0. The lowest BCUT2D eigenvalue weighted by molar-refractivity contribution is 0.155. The van der Waals surface area contributed by atoms with Gasteiger partial charge in [-0.2, -0.15) is 0 Å². The molecule has 2 amide bonds. The van der Waals surface area contributed by atoms with Crippen LogP contribution >= 0.6 is 27.5 Å². The third-order valence-electron chi connectivity index (χ3n) is 3.78. The molecule has 21 heavy (non-hydrogen) atoms. The van der Waals surface area contributed by atoms with Crippen LogP contribution in [-0.2, 0) is 0 Å². The Labute approximate surface area is 139 Å². The van der Waals surface area contributed by atoms with Crippen molar-refractivity contribution in [1.29, 1.82) is 0 Å². The molecule has 1 aliphatic heterocycles. The summed E-state index contributed by atoms with van der Waals surface area (Å²) in [4.78, 5) is 22.0. The van der Waals surface area contributed by atoms with Crippen molar-refractivity contribution >= 4 is 39.4 Å². The number of piperidine rings is 1. The topological polar surface area (TPSA) is 39.7 Å². The molecule has 0 spiro atoms. The number of hydrogen-bond donors (Lipinski definition) is 0. The molecular formula is C14H20BrClN4O. The molecule has 0 unspecified atom stereocenters. The molecule has 1 aliphatic rings. The molecule has 0 atom stereocenters. The molecule has 1 fully saturated rings. The van der Waals surface area contributed by atoms with Gasteiger partial charge in [0, 0.05) is 50.9 Å². The maximum Gasteiger partial charge on any atom is 0.319 e. The fourth-order valence-electron chi connectivity index (χ4n) is 2.58. The van der Waals surface area contributed by atoms with Crippen LogP contribution in [0, 0.1) is 0 Å². The molecule has 0 saturated carbocycles. The summed E-state index contributed by atoms with van der Waals surface area (Å²) in [5.74, 6) is 0.819. The van der Waals surface area contributed by atoms with E-state index in [4.69, 9.17) is 11.6 Å². The first kappa shape index (κ1) is 16.4. The predicted octanol–water partition coefficient (Wildman–Crippen LogP) is 3.08. The van der Waals surface area contributed by atoms with Crippen LogP contribution < -0.4 is 4.90 Å². The fourth-order valence-corrected chi connectivity index (χ4v) is 3.33. The Balaban J connectivity index is 1.98. The molecule has 0 aliphatic carbocycles. The summed E-state index contributed by atoms with van der Waals surface area (Å²) in [6.07, 6.45) is 3.60. The smallest absolute Gasteiger partial charge is 0.319 e. The minimum atomic E-state index is 0.0493. The maximum absolute atomic E-state index is 12.0. The molecule has 2 heterocycles. The third kappa shape index (κ3) is 3.80. The van der Waals surface area contributed by atoms with E-state index >= 15 is 0 Å². The van der Waals surface area contributed by atoms with E-state index in [2.05, 4.69) is 25.8 Å². The van der Waals surface area contributed by atoms with Crippen molar-refractivity contribution in [3.8, 4) is 0 Å². The molecule has 1 aromatic heterocycles. The SMILES string of the molecule is CN(C)C(=O)N(C)C1CCN(c2ncc(Br)cc2Cl)CC1. The van der Waals surface area contributed by atoms with Gasteiger partial charge < -0.3 is 14.7 Å². The van der Waals surface area contributed by atoms with Gasteiger partial charge in [0.05, 0.1) is 5.02 Å². The number of nitrogens with zero attached hydrogens (tertiary/aromatic N) is 4. The van der Waals surface area contributed by atoms with E-state index in [9.17, 15) is 4.79 Å². The van der Waals surface area contributed by atoms with Crippen LogP contribution in [0.2, 0.25) is 5.02 Å². The van der Waals surface area contributed by atoms with E-state index in [1.54, 1.807) is 25.2 Å². The molecule has 0 bridgehead atoms. The number of hydrogen-bond acceptors (Lipinski definition) is 3. The second-order valence-electron chi connectivity index (χ2n) is 5.47. The lowest BCUT2D eigenvalue weighted by atomic mass is 10.0. The minimum Gasteiger partial charge on any atom is -0.355 e. The number of pyridine rings is 1. The lowest BCUT2D eigenvalue weighted by Gasteiger charge is -2.38. The lowest BCUT2D eigenvalue weighted by Crippen LogP contribution is -2.48. The van der Waals surface area contributed by atoms with Gasteiger partial charge in [0.2, 0.25) is 0 Å². The van der Waals surface area contributed by atoms with Gasteiger partial charge in [0.1, 0.15) is 5.82 Å². The van der Waals surface area contributed by atoms with Crippen molar-refractivity contribution in [1.82, 2.24) is 14.8 Å². The number of carbonyl (C=O) groups excluding carboxylic acids is 1. The van der Waals surface area contributed by atoms with Crippen molar-refractivity contribution in [2.75, 3.05) is 39.1 Å². The molecule has 7 heteroatoms. The average molecular weight is 376 g/mol. The van der Waals surface area contributed by atoms with Gasteiger partial charge in [-0.1, -0.05) is 11.6 Å². The summed E-state index contributed by atoms with van der Waals surface area (Å²) in [5, 5.41) is 0.653. The molecule has 5 nitrogen and oxygen atoms in total. The van der Waals surface area contributed by atoms with Crippen LogP contribution in [0.3, 0.4) is 0 Å². The van der Waals surface area contributed by atoms with Crippen molar-refractivity contribution in [3.63, 3.8) is 0 Å². The average Bonchev–Trinajstić information content (AvgIpc) is 2.46. The van der Waals surface area contributed by atoms with E-state index < -0.39 is 0 Å². The van der Waals surface area contributed by atoms with Crippen LogP contribution in [-0.4, -0.2) is 61.1 Å². The summed E-state index contributed by atoms with van der Waals surface area (Å²) >= 11 is 9.61. The van der Waals surface area contributed by atoms with E-state index in [0.29, 0.717) is 5.02 Å². The number of amides is 2. The zero-order valence-electron chi connectivity index (χ0n) is 12.5. The predicted molar refractivity (Wildman–Crippen MR) is 89.0 cm³/mol. The fraction of sp³-hybridized carbons (Fsp3) is 0.571. The quantitative estimate of drug-likeness (QED) is 0.797. The van der Waals surface area contributed by atoms with Gasteiger partial charge in [0.15, 0.2) is 0 Å². The van der Waals surface area contributed by atoms with Crippen LogP contribution in [0.15, 0.2) is 16.7 Å². The monoisotopic (exact) mass is 374 g/mol.